The Bertz CT molecular complexity index is 1120. The van der Waals surface area contributed by atoms with Gasteiger partial charge in [-0.25, -0.2) is 5.57 Å². The quantitative estimate of drug-likeness (QED) is 0.141. The molecule has 1 aliphatic carbocycles. The van der Waals surface area contributed by atoms with Gasteiger partial charge in [0, 0.05) is 21.7 Å². The first-order valence-electron chi connectivity index (χ1n) is 12.8. The van der Waals surface area contributed by atoms with Crippen molar-refractivity contribution < 1.29 is 21.7 Å². The molecule has 0 nitrogen and oxygen atoms in total. The third-order valence-electron chi connectivity index (χ3n) is 7.44. The van der Waals surface area contributed by atoms with E-state index in [9.17, 15) is 0 Å². The molecule has 0 heterocycles. The molecule has 0 spiro atoms. The van der Waals surface area contributed by atoms with Gasteiger partial charge in [0.1, 0.15) is 0 Å². The van der Waals surface area contributed by atoms with E-state index in [-0.39, 0.29) is 58.9 Å². The van der Waals surface area contributed by atoms with Gasteiger partial charge in [-0.05, 0) is 34.4 Å². The summed E-state index contributed by atoms with van der Waals surface area (Å²) in [7, 11) is -2.52. The van der Waals surface area contributed by atoms with Gasteiger partial charge in [-0.15, -0.1) is 43.6 Å². The Morgan fingerprint density at radius 1 is 0.605 bits per heavy atom. The summed E-state index contributed by atoms with van der Waals surface area (Å²) in [6.45, 7) is 16.1. The van der Waals surface area contributed by atoms with Crippen molar-refractivity contribution in [1.29, 1.82) is 0 Å². The maximum absolute atomic E-state index is 3.66. The van der Waals surface area contributed by atoms with Crippen molar-refractivity contribution in [3.05, 3.63) is 112 Å². The summed E-state index contributed by atoms with van der Waals surface area (Å²) in [6, 6.07) is 28.4. The number of benzene rings is 3. The molecule has 204 valence electrons. The molecule has 0 fully saturated rings. The van der Waals surface area contributed by atoms with Crippen molar-refractivity contribution in [3.8, 4) is 0 Å². The third kappa shape index (κ3) is 7.17. The Labute approximate surface area is 265 Å². The number of halogens is 3. The zero-order chi connectivity index (χ0) is 24.5. The standard InChI is InChI=1S/C33H39Si.3ClH.Ti/c1-23(2)27-13-9-16-30(20-27)34(33-19-8-12-26(33)7,31-17-10-14-28(21-31)24(3)4)32-18-11-15-29(22-32)25(5)6;;;;/h9-11,13-25H,8H2,1-7H3;3*1H;/q-1;;;;. The molecule has 4 rings (SSSR count). The van der Waals surface area contributed by atoms with Gasteiger partial charge in [-0.1, -0.05) is 137 Å². The molecule has 0 saturated heterocycles. The minimum atomic E-state index is -2.52. The van der Waals surface area contributed by atoms with Gasteiger partial charge >= 0.3 is 0 Å². The molecule has 3 aromatic carbocycles. The maximum Gasteiger partial charge on any atom is 0.0993 e. The van der Waals surface area contributed by atoms with Crippen LogP contribution in [-0.2, 0) is 21.7 Å². The van der Waals surface area contributed by atoms with Crippen LogP contribution in [0, 0.1) is 6.08 Å². The van der Waals surface area contributed by atoms with Gasteiger partial charge in [0.2, 0.25) is 0 Å². The van der Waals surface area contributed by atoms with E-state index < -0.39 is 8.07 Å². The van der Waals surface area contributed by atoms with E-state index in [2.05, 4.69) is 133 Å². The molecular formula is C33H42Cl3SiTi-. The molecule has 0 aromatic heterocycles. The van der Waals surface area contributed by atoms with Crippen LogP contribution < -0.4 is 15.6 Å². The van der Waals surface area contributed by atoms with Gasteiger partial charge in [0.05, 0.1) is 8.07 Å². The second-order valence-corrected chi connectivity index (χ2v) is 14.5. The van der Waals surface area contributed by atoms with Crippen molar-refractivity contribution in [2.75, 3.05) is 0 Å². The summed E-state index contributed by atoms with van der Waals surface area (Å²) < 4.78 is 0. The molecule has 0 bridgehead atoms. The average molecular weight is 621 g/mol. The van der Waals surface area contributed by atoms with E-state index in [1.54, 1.807) is 0 Å². The van der Waals surface area contributed by atoms with Crippen molar-refractivity contribution in [2.45, 2.75) is 72.6 Å². The molecule has 38 heavy (non-hydrogen) atoms. The van der Waals surface area contributed by atoms with Crippen molar-refractivity contribution in [3.63, 3.8) is 0 Å². The monoisotopic (exact) mass is 619 g/mol. The second-order valence-electron chi connectivity index (χ2n) is 10.7. The first kappa shape index (κ1) is 36.9. The topological polar surface area (TPSA) is 0 Å². The van der Waals surface area contributed by atoms with Gasteiger partial charge in [0.25, 0.3) is 0 Å². The molecule has 5 heteroatoms. The predicted octanol–water partition coefficient (Wildman–Crippen LogP) is 8.41. The molecule has 0 saturated carbocycles. The SMILES string of the molecule is CC1=[C-]CC=C1[Si](c1cccc(C(C)C)c1)(c1cccc(C(C)C)c1)c1cccc(C(C)C)c1.Cl.Cl.Cl.[Ti]. The molecular weight excluding hydrogens is 579 g/mol. The number of hydrogen-bond acceptors (Lipinski definition) is 0. The Morgan fingerprint density at radius 3 is 1.21 bits per heavy atom. The van der Waals surface area contributed by atoms with E-state index in [1.165, 1.54) is 43.0 Å². The summed E-state index contributed by atoms with van der Waals surface area (Å²) in [5.41, 5.74) is 5.57. The number of allylic oxidation sites excluding steroid dienone is 4. The average Bonchev–Trinajstić information content (AvgIpc) is 3.26. The zero-order valence-electron chi connectivity index (χ0n) is 23.7. The smallest absolute Gasteiger partial charge is 0.0993 e. The van der Waals surface area contributed by atoms with Crippen LogP contribution in [0.2, 0.25) is 0 Å². The molecule has 0 N–H and O–H groups in total. The number of hydrogen-bond donors (Lipinski definition) is 0. The van der Waals surface area contributed by atoms with Crippen molar-refractivity contribution >= 4 is 60.9 Å². The third-order valence-corrected chi connectivity index (χ3v) is 12.4. The Balaban J connectivity index is 0.00000342. The van der Waals surface area contributed by atoms with Crippen LogP contribution in [-0.4, -0.2) is 8.07 Å². The van der Waals surface area contributed by atoms with E-state index in [4.69, 9.17) is 0 Å². The van der Waals surface area contributed by atoms with Crippen LogP contribution in [0.3, 0.4) is 0 Å². The first-order valence-corrected chi connectivity index (χ1v) is 14.8. The van der Waals surface area contributed by atoms with E-state index >= 15 is 0 Å². The van der Waals surface area contributed by atoms with E-state index in [0.29, 0.717) is 17.8 Å². The fourth-order valence-corrected chi connectivity index (χ4v) is 10.5. The first-order chi connectivity index (χ1) is 16.2. The van der Waals surface area contributed by atoms with Gasteiger partial charge in [-0.3, -0.25) is 6.08 Å². The number of rotatable bonds is 7. The molecule has 0 atom stereocenters. The molecule has 3 aromatic rings. The van der Waals surface area contributed by atoms with Crippen LogP contribution in [0.25, 0.3) is 0 Å². The van der Waals surface area contributed by atoms with Gasteiger partial charge < -0.3 is 0 Å². The normalized spacial score (nSPS) is 12.7. The summed E-state index contributed by atoms with van der Waals surface area (Å²) in [5.74, 6) is 1.49. The predicted molar refractivity (Wildman–Crippen MR) is 173 cm³/mol. The summed E-state index contributed by atoms with van der Waals surface area (Å²) in [4.78, 5) is 0. The Hall–Kier alpha value is -1.06. The minimum Gasteiger partial charge on any atom is -0.270 e. The molecule has 0 unspecified atom stereocenters. The van der Waals surface area contributed by atoms with Crippen LogP contribution in [0.5, 0.6) is 0 Å². The summed E-state index contributed by atoms with van der Waals surface area (Å²) >= 11 is 0. The van der Waals surface area contributed by atoms with Crippen LogP contribution >= 0.6 is 37.2 Å². The Kier molecular flexibility index (Phi) is 15.2. The second kappa shape index (κ2) is 15.7. The van der Waals surface area contributed by atoms with Crippen molar-refractivity contribution in [2.24, 2.45) is 0 Å². The summed E-state index contributed by atoms with van der Waals surface area (Å²) in [5, 5.41) is 5.95. The maximum atomic E-state index is 3.66. The fraction of sp³-hybridized carbons (Fsp3) is 0.333. The van der Waals surface area contributed by atoms with Crippen molar-refractivity contribution in [1.82, 2.24) is 0 Å². The largest absolute Gasteiger partial charge is 0.270 e. The zero-order valence-corrected chi connectivity index (χ0v) is 28.7. The Morgan fingerprint density at radius 2 is 0.947 bits per heavy atom. The van der Waals surface area contributed by atoms with E-state index in [1.807, 2.05) is 0 Å². The van der Waals surface area contributed by atoms with Crippen LogP contribution in [0.15, 0.2) is 89.6 Å². The fourth-order valence-electron chi connectivity index (χ4n) is 5.35. The molecule has 0 aliphatic heterocycles. The molecule has 0 amide bonds. The molecule has 0 radical (unpaired) electrons. The van der Waals surface area contributed by atoms with E-state index in [0.717, 1.165) is 6.42 Å². The van der Waals surface area contributed by atoms with Gasteiger partial charge in [0.15, 0.2) is 0 Å². The van der Waals surface area contributed by atoms with Gasteiger partial charge in [-0.2, -0.15) is 11.3 Å². The molecule has 1 aliphatic rings. The summed E-state index contributed by atoms with van der Waals surface area (Å²) in [6.07, 6.45) is 7.03. The van der Waals surface area contributed by atoms with Crippen LogP contribution in [0.1, 0.15) is 89.3 Å². The minimum absolute atomic E-state index is 0. The van der Waals surface area contributed by atoms with Crippen LogP contribution in [0.4, 0.5) is 0 Å².